The first-order valence-electron chi connectivity index (χ1n) is 9.64. The molecular weight excluding hydrogens is 364 g/mol. The van der Waals surface area contributed by atoms with E-state index < -0.39 is 5.41 Å². The van der Waals surface area contributed by atoms with Crippen molar-refractivity contribution in [1.29, 1.82) is 0 Å². The molecule has 2 aromatic carbocycles. The predicted molar refractivity (Wildman–Crippen MR) is 116 cm³/mol. The molecule has 29 heavy (non-hydrogen) atoms. The summed E-state index contributed by atoms with van der Waals surface area (Å²) in [5, 5.41) is 3.03. The topological polar surface area (TPSA) is 60.5 Å². The zero-order chi connectivity index (χ0) is 20.4. The SMILES string of the molecule is COc1ccc(-c2nc(NC(=O)C3(c4ccc(OC)cc4)CC3)ccc2C)cc1.[HH]. The maximum Gasteiger partial charge on any atom is 0.236 e. The molecule has 0 aliphatic heterocycles. The van der Waals surface area contributed by atoms with Crippen molar-refractivity contribution in [3.8, 4) is 22.8 Å². The number of rotatable bonds is 6. The highest BCUT2D eigenvalue weighted by Crippen LogP contribution is 2.49. The van der Waals surface area contributed by atoms with Gasteiger partial charge >= 0.3 is 0 Å². The second-order valence-electron chi connectivity index (χ2n) is 7.36. The Bertz CT molecular complexity index is 1030. The van der Waals surface area contributed by atoms with Crippen molar-refractivity contribution in [2.24, 2.45) is 0 Å². The van der Waals surface area contributed by atoms with Crippen LogP contribution in [0.4, 0.5) is 5.82 Å². The van der Waals surface area contributed by atoms with Crippen LogP contribution in [0.5, 0.6) is 11.5 Å². The summed E-state index contributed by atoms with van der Waals surface area (Å²) in [5.41, 5.74) is 3.41. The van der Waals surface area contributed by atoms with Gasteiger partial charge in [0.2, 0.25) is 5.91 Å². The minimum atomic E-state index is -0.473. The van der Waals surface area contributed by atoms with Gasteiger partial charge in [-0.1, -0.05) is 18.2 Å². The number of carbonyl (C=O) groups is 1. The van der Waals surface area contributed by atoms with Gasteiger partial charge in [0, 0.05) is 6.99 Å². The third kappa shape index (κ3) is 3.68. The van der Waals surface area contributed by atoms with E-state index in [9.17, 15) is 4.79 Å². The fourth-order valence-electron chi connectivity index (χ4n) is 3.56. The maximum absolute atomic E-state index is 13.1. The van der Waals surface area contributed by atoms with Gasteiger partial charge in [-0.2, -0.15) is 0 Å². The van der Waals surface area contributed by atoms with Gasteiger partial charge in [-0.25, -0.2) is 4.98 Å². The van der Waals surface area contributed by atoms with E-state index in [-0.39, 0.29) is 7.33 Å². The average Bonchev–Trinajstić information content (AvgIpc) is 3.57. The Kier molecular flexibility index (Phi) is 4.97. The molecule has 0 bridgehead atoms. The van der Waals surface area contributed by atoms with Crippen molar-refractivity contribution in [3.63, 3.8) is 0 Å². The molecule has 1 fully saturated rings. The van der Waals surface area contributed by atoms with Crippen LogP contribution in [-0.2, 0) is 10.2 Å². The van der Waals surface area contributed by atoms with E-state index in [1.54, 1.807) is 14.2 Å². The van der Waals surface area contributed by atoms with Crippen LogP contribution in [0.3, 0.4) is 0 Å². The molecule has 0 unspecified atom stereocenters. The molecule has 3 aromatic rings. The fourth-order valence-corrected chi connectivity index (χ4v) is 3.56. The monoisotopic (exact) mass is 390 g/mol. The molecule has 5 nitrogen and oxygen atoms in total. The van der Waals surface area contributed by atoms with Crippen molar-refractivity contribution in [3.05, 3.63) is 71.8 Å². The third-order valence-corrected chi connectivity index (χ3v) is 5.53. The summed E-state index contributed by atoms with van der Waals surface area (Å²) in [5.74, 6) is 2.13. The minimum absolute atomic E-state index is 0. The Balaban J connectivity index is 0.00000256. The molecule has 5 heteroatoms. The van der Waals surface area contributed by atoms with Crippen LogP contribution in [0.15, 0.2) is 60.7 Å². The number of anilines is 1. The van der Waals surface area contributed by atoms with Crippen LogP contribution in [0.25, 0.3) is 11.3 Å². The van der Waals surface area contributed by atoms with Crippen LogP contribution in [0, 0.1) is 6.92 Å². The normalized spacial score (nSPS) is 14.2. The Morgan fingerprint density at radius 2 is 1.52 bits per heavy atom. The average molecular weight is 390 g/mol. The molecule has 4 rings (SSSR count). The number of aromatic nitrogens is 1. The highest BCUT2D eigenvalue weighted by molar-refractivity contribution is 6.01. The summed E-state index contributed by atoms with van der Waals surface area (Å²) in [6.07, 6.45) is 1.67. The van der Waals surface area contributed by atoms with E-state index in [1.807, 2.05) is 67.6 Å². The second kappa shape index (κ2) is 7.59. The van der Waals surface area contributed by atoms with E-state index >= 15 is 0 Å². The molecule has 1 heterocycles. The van der Waals surface area contributed by atoms with Crippen molar-refractivity contribution >= 4 is 11.7 Å². The summed E-state index contributed by atoms with van der Waals surface area (Å²) in [6, 6.07) is 19.3. The number of ether oxygens (including phenoxy) is 2. The van der Waals surface area contributed by atoms with Crippen LogP contribution in [0.2, 0.25) is 0 Å². The first-order chi connectivity index (χ1) is 14.1. The predicted octanol–water partition coefficient (Wildman–Crippen LogP) is 4.99. The number of methoxy groups -OCH3 is 2. The number of nitrogens with zero attached hydrogens (tertiary/aromatic N) is 1. The molecule has 150 valence electrons. The fraction of sp³-hybridized carbons (Fsp3) is 0.250. The van der Waals surface area contributed by atoms with Crippen molar-refractivity contribution in [1.82, 2.24) is 4.98 Å². The number of carbonyl (C=O) groups excluding carboxylic acids is 1. The molecule has 1 N–H and O–H groups in total. The number of amides is 1. The van der Waals surface area contributed by atoms with Crippen molar-refractivity contribution in [2.75, 3.05) is 19.5 Å². The largest absolute Gasteiger partial charge is 0.497 e. The van der Waals surface area contributed by atoms with Gasteiger partial charge in [0.05, 0.1) is 25.3 Å². The number of hydrogen-bond donors (Lipinski definition) is 1. The van der Waals surface area contributed by atoms with Crippen LogP contribution >= 0.6 is 0 Å². The lowest BCUT2D eigenvalue weighted by molar-refractivity contribution is -0.118. The number of nitrogens with one attached hydrogen (secondary N) is 1. The van der Waals surface area contributed by atoms with E-state index in [0.717, 1.165) is 46.7 Å². The van der Waals surface area contributed by atoms with Gasteiger partial charge in [0.15, 0.2) is 0 Å². The maximum atomic E-state index is 13.1. The van der Waals surface area contributed by atoms with Crippen molar-refractivity contribution in [2.45, 2.75) is 25.2 Å². The lowest BCUT2D eigenvalue weighted by Gasteiger charge is -2.17. The van der Waals surface area contributed by atoms with Gasteiger partial charge in [0.1, 0.15) is 17.3 Å². The van der Waals surface area contributed by atoms with Gasteiger partial charge in [0.25, 0.3) is 0 Å². The standard InChI is InChI=1S/C24H24N2O3.H2/c1-16-4-13-21(25-22(16)17-5-9-19(28-2)10-6-17)26-23(27)24(14-15-24)18-7-11-20(29-3)12-8-18;/h4-13H,14-15H2,1-3H3,(H,25,26,27);1H. The van der Waals surface area contributed by atoms with Gasteiger partial charge < -0.3 is 14.8 Å². The van der Waals surface area contributed by atoms with Crippen LogP contribution in [-0.4, -0.2) is 25.1 Å². The van der Waals surface area contributed by atoms with E-state index in [4.69, 9.17) is 14.5 Å². The molecule has 1 aliphatic carbocycles. The minimum Gasteiger partial charge on any atom is -0.497 e. The molecule has 1 saturated carbocycles. The lowest BCUT2D eigenvalue weighted by Crippen LogP contribution is -2.28. The second-order valence-corrected chi connectivity index (χ2v) is 7.36. The Labute approximate surface area is 172 Å². The third-order valence-electron chi connectivity index (χ3n) is 5.53. The molecule has 0 radical (unpaired) electrons. The zero-order valence-electron chi connectivity index (χ0n) is 16.9. The van der Waals surface area contributed by atoms with Crippen molar-refractivity contribution < 1.29 is 15.7 Å². The van der Waals surface area contributed by atoms with Gasteiger partial charge in [-0.3, -0.25) is 4.79 Å². The molecular formula is C24H26N2O3. The number of benzene rings is 2. The molecule has 0 spiro atoms. The highest BCUT2D eigenvalue weighted by atomic mass is 16.5. The lowest BCUT2D eigenvalue weighted by atomic mass is 9.95. The Morgan fingerprint density at radius 1 is 0.931 bits per heavy atom. The first kappa shape index (κ1) is 19.0. The number of hydrogen-bond acceptors (Lipinski definition) is 4. The van der Waals surface area contributed by atoms with E-state index in [0.29, 0.717) is 5.82 Å². The summed E-state index contributed by atoms with van der Waals surface area (Å²) < 4.78 is 10.4. The summed E-state index contributed by atoms with van der Waals surface area (Å²) in [6.45, 7) is 2.01. The van der Waals surface area contributed by atoms with Crippen LogP contribution in [0.1, 0.15) is 25.4 Å². The Morgan fingerprint density at radius 3 is 2.07 bits per heavy atom. The zero-order valence-corrected chi connectivity index (χ0v) is 16.9. The van der Waals surface area contributed by atoms with E-state index in [1.165, 1.54) is 0 Å². The number of aryl methyl sites for hydroxylation is 1. The summed E-state index contributed by atoms with van der Waals surface area (Å²) >= 11 is 0. The molecule has 1 aromatic heterocycles. The Hall–Kier alpha value is -3.34. The number of pyridine rings is 1. The van der Waals surface area contributed by atoms with Crippen LogP contribution < -0.4 is 14.8 Å². The van der Waals surface area contributed by atoms with Gasteiger partial charge in [-0.15, -0.1) is 0 Å². The summed E-state index contributed by atoms with van der Waals surface area (Å²) in [4.78, 5) is 17.8. The molecule has 1 aliphatic rings. The molecule has 0 atom stereocenters. The quantitative estimate of drug-likeness (QED) is 0.644. The smallest absolute Gasteiger partial charge is 0.236 e. The van der Waals surface area contributed by atoms with E-state index in [2.05, 4.69) is 5.32 Å². The van der Waals surface area contributed by atoms with Gasteiger partial charge in [-0.05, 0) is 73.4 Å². The first-order valence-corrected chi connectivity index (χ1v) is 9.64. The molecule has 0 saturated heterocycles. The summed E-state index contributed by atoms with van der Waals surface area (Å²) in [7, 11) is 3.28. The highest BCUT2D eigenvalue weighted by Gasteiger charge is 2.51. The molecule has 1 amide bonds.